The van der Waals surface area contributed by atoms with E-state index in [1.165, 1.54) is 4.88 Å². The van der Waals surface area contributed by atoms with Crippen LogP contribution in [-0.4, -0.2) is 0 Å². The molecule has 1 nitrogen and oxygen atoms in total. The van der Waals surface area contributed by atoms with Crippen molar-refractivity contribution in [2.45, 2.75) is 6.54 Å². The molecule has 0 spiro atoms. The van der Waals surface area contributed by atoms with E-state index < -0.39 is 0 Å². The second-order valence-corrected chi connectivity index (χ2v) is 5.29. The standard InChI is InChI=1S/C11H9BrClNS/c12-8-5-6-15-11(8)7-14-10-4-2-1-3-9(10)13/h1-6,14H,7H2. The molecular formula is C11H9BrClNS. The number of hydrogen-bond donors (Lipinski definition) is 1. The van der Waals surface area contributed by atoms with E-state index in [-0.39, 0.29) is 0 Å². The maximum Gasteiger partial charge on any atom is 0.0637 e. The summed E-state index contributed by atoms with van der Waals surface area (Å²) in [4.78, 5) is 1.27. The Morgan fingerprint density at radius 3 is 2.73 bits per heavy atom. The number of hydrogen-bond acceptors (Lipinski definition) is 2. The summed E-state index contributed by atoms with van der Waals surface area (Å²) in [5, 5.41) is 6.12. The fraction of sp³-hybridized carbons (Fsp3) is 0.0909. The summed E-state index contributed by atoms with van der Waals surface area (Å²) in [5.74, 6) is 0. The molecule has 1 N–H and O–H groups in total. The Bertz CT molecular complexity index is 455. The number of anilines is 1. The van der Waals surface area contributed by atoms with Crippen LogP contribution in [-0.2, 0) is 6.54 Å². The summed E-state index contributed by atoms with van der Waals surface area (Å²) in [6.45, 7) is 0.794. The lowest BCUT2D eigenvalue weighted by atomic mass is 10.3. The van der Waals surface area contributed by atoms with E-state index in [9.17, 15) is 0 Å². The first kappa shape index (κ1) is 11.0. The molecule has 0 amide bonds. The smallest absolute Gasteiger partial charge is 0.0637 e. The molecule has 4 heteroatoms. The largest absolute Gasteiger partial charge is 0.379 e. The van der Waals surface area contributed by atoms with E-state index in [1.807, 2.05) is 30.3 Å². The van der Waals surface area contributed by atoms with E-state index in [1.54, 1.807) is 11.3 Å². The fourth-order valence-corrected chi connectivity index (χ4v) is 2.87. The highest BCUT2D eigenvalue weighted by molar-refractivity contribution is 9.10. The third kappa shape index (κ3) is 2.74. The molecule has 0 bridgehead atoms. The minimum Gasteiger partial charge on any atom is -0.379 e. The van der Waals surface area contributed by atoms with Gasteiger partial charge in [0.2, 0.25) is 0 Å². The third-order valence-corrected chi connectivity index (χ3v) is 4.26. The quantitative estimate of drug-likeness (QED) is 0.860. The molecule has 0 saturated heterocycles. The van der Waals surface area contributed by atoms with Gasteiger partial charge in [-0.3, -0.25) is 0 Å². The van der Waals surface area contributed by atoms with Gasteiger partial charge in [-0.15, -0.1) is 11.3 Å². The first-order valence-electron chi connectivity index (χ1n) is 4.47. The molecule has 1 heterocycles. The van der Waals surface area contributed by atoms with Crippen LogP contribution in [0.1, 0.15) is 4.88 Å². The highest BCUT2D eigenvalue weighted by atomic mass is 79.9. The summed E-state index contributed by atoms with van der Waals surface area (Å²) in [6, 6.07) is 9.80. The molecule has 0 aliphatic carbocycles. The number of nitrogens with one attached hydrogen (secondary N) is 1. The number of thiophene rings is 1. The minimum atomic E-state index is 0.755. The van der Waals surface area contributed by atoms with Crippen molar-refractivity contribution in [1.29, 1.82) is 0 Å². The molecule has 1 aromatic heterocycles. The summed E-state index contributed by atoms with van der Waals surface area (Å²) in [5.41, 5.74) is 0.972. The normalized spacial score (nSPS) is 10.3. The van der Waals surface area contributed by atoms with Crippen LogP contribution in [0.2, 0.25) is 5.02 Å². The van der Waals surface area contributed by atoms with Crippen LogP contribution in [0.5, 0.6) is 0 Å². The summed E-state index contributed by atoms with van der Waals surface area (Å²) in [6.07, 6.45) is 0. The van der Waals surface area contributed by atoms with Crippen LogP contribution in [0, 0.1) is 0 Å². The fourth-order valence-electron chi connectivity index (χ4n) is 1.23. The lowest BCUT2D eigenvalue weighted by molar-refractivity contribution is 1.18. The molecule has 0 aliphatic rings. The van der Waals surface area contributed by atoms with Gasteiger partial charge in [0.1, 0.15) is 0 Å². The monoisotopic (exact) mass is 301 g/mol. The lowest BCUT2D eigenvalue weighted by Crippen LogP contribution is -1.98. The van der Waals surface area contributed by atoms with E-state index >= 15 is 0 Å². The van der Waals surface area contributed by atoms with E-state index in [4.69, 9.17) is 11.6 Å². The highest BCUT2D eigenvalue weighted by Crippen LogP contribution is 2.26. The van der Waals surface area contributed by atoms with E-state index in [0.717, 1.165) is 21.7 Å². The summed E-state index contributed by atoms with van der Waals surface area (Å²) in [7, 11) is 0. The van der Waals surface area contributed by atoms with Crippen LogP contribution in [0.15, 0.2) is 40.2 Å². The van der Waals surface area contributed by atoms with Gasteiger partial charge in [-0.25, -0.2) is 0 Å². The molecule has 0 saturated carbocycles. The highest BCUT2D eigenvalue weighted by Gasteiger charge is 2.02. The first-order chi connectivity index (χ1) is 7.27. The predicted octanol–water partition coefficient (Wildman–Crippen LogP) is 4.78. The SMILES string of the molecule is Clc1ccccc1NCc1sccc1Br. The van der Waals surface area contributed by atoms with Crippen LogP contribution < -0.4 is 5.32 Å². The molecule has 2 rings (SSSR count). The average Bonchev–Trinajstić information content (AvgIpc) is 2.63. The zero-order valence-corrected chi connectivity index (χ0v) is 11.0. The summed E-state index contributed by atoms with van der Waals surface area (Å²) < 4.78 is 1.15. The lowest BCUT2D eigenvalue weighted by Gasteiger charge is -2.06. The van der Waals surface area contributed by atoms with Gasteiger partial charge in [0.05, 0.1) is 17.3 Å². The van der Waals surface area contributed by atoms with Crippen LogP contribution in [0.3, 0.4) is 0 Å². The predicted molar refractivity (Wildman–Crippen MR) is 70.8 cm³/mol. The van der Waals surface area contributed by atoms with Crippen molar-refractivity contribution in [2.75, 3.05) is 5.32 Å². The van der Waals surface area contributed by atoms with Gasteiger partial charge in [0.15, 0.2) is 0 Å². The molecular weight excluding hydrogens is 294 g/mol. The van der Waals surface area contributed by atoms with Crippen molar-refractivity contribution in [3.63, 3.8) is 0 Å². The molecule has 0 aliphatic heterocycles. The van der Waals surface area contributed by atoms with Gasteiger partial charge in [-0.1, -0.05) is 23.7 Å². The van der Waals surface area contributed by atoms with Crippen LogP contribution in [0.25, 0.3) is 0 Å². The van der Waals surface area contributed by atoms with Gasteiger partial charge in [0, 0.05) is 9.35 Å². The van der Waals surface area contributed by atoms with Crippen molar-refractivity contribution < 1.29 is 0 Å². The first-order valence-corrected chi connectivity index (χ1v) is 6.52. The van der Waals surface area contributed by atoms with E-state index in [2.05, 4.69) is 26.6 Å². The van der Waals surface area contributed by atoms with Crippen molar-refractivity contribution >= 4 is 44.6 Å². The van der Waals surface area contributed by atoms with Crippen molar-refractivity contribution in [3.8, 4) is 0 Å². The Labute approximate surface area is 106 Å². The van der Waals surface area contributed by atoms with E-state index in [0.29, 0.717) is 0 Å². The summed E-state index contributed by atoms with van der Waals surface area (Å²) >= 11 is 11.3. The Hall–Kier alpha value is -0.510. The van der Waals surface area contributed by atoms with Crippen LogP contribution in [0.4, 0.5) is 5.69 Å². The van der Waals surface area contributed by atoms with Crippen LogP contribution >= 0.6 is 38.9 Å². The Morgan fingerprint density at radius 1 is 1.27 bits per heavy atom. The van der Waals surface area contributed by atoms with Crippen molar-refractivity contribution in [2.24, 2.45) is 0 Å². The third-order valence-electron chi connectivity index (χ3n) is 2.00. The molecule has 0 atom stereocenters. The Morgan fingerprint density at radius 2 is 2.07 bits per heavy atom. The van der Waals surface area contributed by atoms with Gasteiger partial charge in [-0.2, -0.15) is 0 Å². The molecule has 0 radical (unpaired) electrons. The van der Waals surface area contributed by atoms with Gasteiger partial charge in [0.25, 0.3) is 0 Å². The van der Waals surface area contributed by atoms with Gasteiger partial charge in [-0.05, 0) is 39.5 Å². The average molecular weight is 303 g/mol. The maximum atomic E-state index is 6.03. The topological polar surface area (TPSA) is 12.0 Å². The Kier molecular flexibility index (Phi) is 3.67. The molecule has 0 unspecified atom stereocenters. The number of benzene rings is 1. The van der Waals surface area contributed by atoms with Crippen molar-refractivity contribution in [3.05, 3.63) is 50.1 Å². The number of rotatable bonds is 3. The minimum absolute atomic E-state index is 0.755. The number of halogens is 2. The zero-order valence-electron chi connectivity index (χ0n) is 7.84. The molecule has 15 heavy (non-hydrogen) atoms. The zero-order chi connectivity index (χ0) is 10.7. The molecule has 1 aromatic carbocycles. The second-order valence-electron chi connectivity index (χ2n) is 3.03. The maximum absolute atomic E-state index is 6.03. The number of para-hydroxylation sites is 1. The van der Waals surface area contributed by atoms with Crippen molar-refractivity contribution in [1.82, 2.24) is 0 Å². The molecule has 0 fully saturated rings. The Balaban J connectivity index is 2.06. The second kappa shape index (κ2) is 5.01. The molecule has 2 aromatic rings. The molecule has 78 valence electrons. The van der Waals surface area contributed by atoms with Gasteiger partial charge >= 0.3 is 0 Å². The van der Waals surface area contributed by atoms with Gasteiger partial charge < -0.3 is 5.32 Å².